The molecule has 0 heterocycles. The number of benzene rings is 1. The van der Waals surface area contributed by atoms with Crippen molar-refractivity contribution < 1.29 is 0 Å². The van der Waals surface area contributed by atoms with Gasteiger partial charge in [-0.05, 0) is 36.3 Å². The van der Waals surface area contributed by atoms with Gasteiger partial charge in [-0.2, -0.15) is 0 Å². The molecule has 0 saturated heterocycles. The average Bonchev–Trinajstić information content (AvgIpc) is 2.96. The van der Waals surface area contributed by atoms with Gasteiger partial charge >= 0.3 is 0 Å². The lowest BCUT2D eigenvalue weighted by Crippen LogP contribution is -2.27. The molecule has 88 valence electrons. The maximum atomic E-state index is 3.73. The molecule has 1 saturated carbocycles. The summed E-state index contributed by atoms with van der Waals surface area (Å²) in [5.74, 6) is 2.51. The fourth-order valence-corrected chi connectivity index (χ4v) is 2.36. The van der Waals surface area contributed by atoms with Gasteiger partial charge in [0, 0.05) is 6.04 Å². The van der Waals surface area contributed by atoms with Crippen LogP contribution in [-0.4, -0.2) is 6.54 Å². The fourth-order valence-electron chi connectivity index (χ4n) is 2.36. The van der Waals surface area contributed by atoms with Gasteiger partial charge in [-0.3, -0.25) is 0 Å². The van der Waals surface area contributed by atoms with E-state index in [1.165, 1.54) is 18.5 Å². The second kappa shape index (κ2) is 5.01. The van der Waals surface area contributed by atoms with Crippen LogP contribution in [0.5, 0.6) is 0 Å². The number of rotatable bonds is 5. The molecule has 1 nitrogen and oxygen atoms in total. The number of hydrogen-bond acceptors (Lipinski definition) is 1. The first-order valence-corrected chi connectivity index (χ1v) is 6.47. The van der Waals surface area contributed by atoms with Gasteiger partial charge in [0.1, 0.15) is 0 Å². The molecule has 1 N–H and O–H groups in total. The maximum absolute atomic E-state index is 3.73. The standard InChI is InChI=1S/C15H23N/c1-11(2)15(13-7-5-4-6-8-13)16-10-14-9-12(14)3/h4-8,11-12,14-16H,9-10H2,1-3H3. The van der Waals surface area contributed by atoms with Gasteiger partial charge in [-0.25, -0.2) is 0 Å². The van der Waals surface area contributed by atoms with Gasteiger partial charge in [0.15, 0.2) is 0 Å². The average molecular weight is 217 g/mol. The van der Waals surface area contributed by atoms with E-state index in [1.807, 2.05) is 0 Å². The van der Waals surface area contributed by atoms with Gasteiger partial charge in [0.25, 0.3) is 0 Å². The zero-order valence-corrected chi connectivity index (χ0v) is 10.6. The Labute approximate surface area is 99.3 Å². The summed E-state index contributed by atoms with van der Waals surface area (Å²) in [7, 11) is 0. The Morgan fingerprint density at radius 3 is 2.38 bits per heavy atom. The van der Waals surface area contributed by atoms with Gasteiger partial charge < -0.3 is 5.32 Å². The Kier molecular flexibility index (Phi) is 3.65. The van der Waals surface area contributed by atoms with E-state index in [0.29, 0.717) is 12.0 Å². The molecule has 0 radical (unpaired) electrons. The molecule has 3 unspecified atom stereocenters. The van der Waals surface area contributed by atoms with Crippen molar-refractivity contribution in [2.75, 3.05) is 6.54 Å². The molecule has 0 aromatic heterocycles. The summed E-state index contributed by atoms with van der Waals surface area (Å²) in [5, 5.41) is 3.73. The topological polar surface area (TPSA) is 12.0 Å². The molecule has 0 bridgehead atoms. The highest BCUT2D eigenvalue weighted by atomic mass is 14.9. The Hall–Kier alpha value is -0.820. The lowest BCUT2D eigenvalue weighted by molar-refractivity contribution is 0.401. The van der Waals surface area contributed by atoms with E-state index in [1.54, 1.807) is 0 Å². The van der Waals surface area contributed by atoms with Gasteiger partial charge in [-0.1, -0.05) is 51.1 Å². The van der Waals surface area contributed by atoms with E-state index in [2.05, 4.69) is 56.4 Å². The van der Waals surface area contributed by atoms with Crippen LogP contribution in [0.3, 0.4) is 0 Å². The maximum Gasteiger partial charge on any atom is 0.0343 e. The molecule has 1 aromatic carbocycles. The number of hydrogen-bond donors (Lipinski definition) is 1. The van der Waals surface area contributed by atoms with Crippen molar-refractivity contribution >= 4 is 0 Å². The second-order valence-corrected chi connectivity index (χ2v) is 5.51. The Morgan fingerprint density at radius 2 is 1.88 bits per heavy atom. The minimum Gasteiger partial charge on any atom is -0.309 e. The van der Waals surface area contributed by atoms with E-state index in [0.717, 1.165) is 11.8 Å². The third-order valence-electron chi connectivity index (χ3n) is 3.70. The summed E-state index contributed by atoms with van der Waals surface area (Å²) < 4.78 is 0. The molecule has 0 amide bonds. The molecule has 1 aliphatic carbocycles. The fraction of sp³-hybridized carbons (Fsp3) is 0.600. The largest absolute Gasteiger partial charge is 0.309 e. The van der Waals surface area contributed by atoms with E-state index >= 15 is 0 Å². The predicted octanol–water partition coefficient (Wildman–Crippen LogP) is 3.63. The summed E-state index contributed by atoms with van der Waals surface area (Å²) >= 11 is 0. The first-order chi connectivity index (χ1) is 7.68. The van der Waals surface area contributed by atoms with Crippen LogP contribution in [0.1, 0.15) is 38.8 Å². The third kappa shape index (κ3) is 2.85. The SMILES string of the molecule is CC(C)C(NCC1CC1C)c1ccccc1. The third-order valence-corrected chi connectivity index (χ3v) is 3.70. The van der Waals surface area contributed by atoms with Crippen LogP contribution in [0.2, 0.25) is 0 Å². The minimum atomic E-state index is 0.508. The van der Waals surface area contributed by atoms with Crippen molar-refractivity contribution in [2.45, 2.75) is 33.2 Å². The van der Waals surface area contributed by atoms with E-state index in [9.17, 15) is 0 Å². The molecule has 0 spiro atoms. The van der Waals surface area contributed by atoms with Crippen LogP contribution in [0.25, 0.3) is 0 Å². The first-order valence-electron chi connectivity index (χ1n) is 6.47. The lowest BCUT2D eigenvalue weighted by atomic mass is 9.96. The van der Waals surface area contributed by atoms with Gasteiger partial charge in [0.2, 0.25) is 0 Å². The zero-order valence-electron chi connectivity index (χ0n) is 10.6. The van der Waals surface area contributed by atoms with E-state index < -0.39 is 0 Å². The quantitative estimate of drug-likeness (QED) is 0.794. The van der Waals surface area contributed by atoms with Crippen LogP contribution in [-0.2, 0) is 0 Å². The zero-order chi connectivity index (χ0) is 11.5. The van der Waals surface area contributed by atoms with Crippen molar-refractivity contribution in [3.05, 3.63) is 35.9 Å². The summed E-state index contributed by atoms with van der Waals surface area (Å²) in [6, 6.07) is 11.3. The van der Waals surface area contributed by atoms with Crippen molar-refractivity contribution in [3.63, 3.8) is 0 Å². The summed E-state index contributed by atoms with van der Waals surface area (Å²) in [6.07, 6.45) is 1.41. The summed E-state index contributed by atoms with van der Waals surface area (Å²) in [4.78, 5) is 0. The summed E-state index contributed by atoms with van der Waals surface area (Å²) in [6.45, 7) is 8.11. The second-order valence-electron chi connectivity index (χ2n) is 5.51. The highest BCUT2D eigenvalue weighted by Crippen LogP contribution is 2.37. The number of nitrogens with one attached hydrogen (secondary N) is 1. The van der Waals surface area contributed by atoms with Gasteiger partial charge in [-0.15, -0.1) is 0 Å². The Balaban J connectivity index is 1.95. The van der Waals surface area contributed by atoms with Crippen LogP contribution >= 0.6 is 0 Å². The molecule has 16 heavy (non-hydrogen) atoms. The van der Waals surface area contributed by atoms with Crippen molar-refractivity contribution in [1.82, 2.24) is 5.32 Å². The Morgan fingerprint density at radius 1 is 1.25 bits per heavy atom. The molecular formula is C15H23N. The molecule has 1 heteroatoms. The highest BCUT2D eigenvalue weighted by Gasteiger charge is 2.32. The smallest absolute Gasteiger partial charge is 0.0343 e. The van der Waals surface area contributed by atoms with Crippen LogP contribution < -0.4 is 5.32 Å². The van der Waals surface area contributed by atoms with Crippen molar-refractivity contribution in [1.29, 1.82) is 0 Å². The monoisotopic (exact) mass is 217 g/mol. The Bertz CT molecular complexity index is 317. The van der Waals surface area contributed by atoms with Crippen molar-refractivity contribution in [2.24, 2.45) is 17.8 Å². The molecule has 3 atom stereocenters. The van der Waals surface area contributed by atoms with E-state index in [-0.39, 0.29) is 0 Å². The normalized spacial score (nSPS) is 25.8. The highest BCUT2D eigenvalue weighted by molar-refractivity contribution is 5.19. The van der Waals surface area contributed by atoms with Crippen LogP contribution in [0.15, 0.2) is 30.3 Å². The van der Waals surface area contributed by atoms with Crippen molar-refractivity contribution in [3.8, 4) is 0 Å². The molecule has 0 aliphatic heterocycles. The predicted molar refractivity (Wildman–Crippen MR) is 69.3 cm³/mol. The van der Waals surface area contributed by atoms with Gasteiger partial charge in [0.05, 0.1) is 0 Å². The lowest BCUT2D eigenvalue weighted by Gasteiger charge is -2.23. The molecular weight excluding hydrogens is 194 g/mol. The molecule has 2 rings (SSSR count). The van der Waals surface area contributed by atoms with Crippen LogP contribution in [0, 0.1) is 17.8 Å². The molecule has 1 fully saturated rings. The molecule has 1 aromatic rings. The first kappa shape index (κ1) is 11.7. The minimum absolute atomic E-state index is 0.508. The molecule has 1 aliphatic rings. The van der Waals surface area contributed by atoms with Crippen LogP contribution in [0.4, 0.5) is 0 Å². The van der Waals surface area contributed by atoms with E-state index in [4.69, 9.17) is 0 Å². The summed E-state index contributed by atoms with van der Waals surface area (Å²) in [5.41, 5.74) is 1.42.